The van der Waals surface area contributed by atoms with Crippen LogP contribution in [0.1, 0.15) is 44.0 Å². The number of amides is 1. The van der Waals surface area contributed by atoms with Crippen molar-refractivity contribution in [3.63, 3.8) is 0 Å². The molecule has 0 spiro atoms. The second-order valence-electron chi connectivity index (χ2n) is 7.33. The third-order valence-electron chi connectivity index (χ3n) is 5.14. The summed E-state index contributed by atoms with van der Waals surface area (Å²) in [5.41, 5.74) is 0. The fraction of sp³-hybridized carbons (Fsp3) is 0.550. The zero-order valence-corrected chi connectivity index (χ0v) is 19.0. The Balaban J connectivity index is 1.61. The van der Waals surface area contributed by atoms with Crippen LogP contribution in [-0.4, -0.2) is 49.0 Å². The minimum Gasteiger partial charge on any atom is -0.497 e. The van der Waals surface area contributed by atoms with Crippen molar-refractivity contribution in [2.75, 3.05) is 25.5 Å². The Bertz CT molecular complexity index is 944. The lowest BCUT2D eigenvalue weighted by atomic mass is 9.99. The molecule has 8 nitrogen and oxygen atoms in total. The topological polar surface area (TPSA) is 101 Å². The first-order valence-electron chi connectivity index (χ1n) is 10.2. The van der Waals surface area contributed by atoms with E-state index in [0.29, 0.717) is 30.3 Å². The number of methoxy groups -OCH3 is 1. The molecular formula is C20H28N4O4S2. The molecule has 1 unspecified atom stereocenters. The molecule has 1 saturated heterocycles. The molecule has 1 N–H and O–H groups in total. The zero-order chi connectivity index (χ0) is 21.6. The number of aromatic nitrogens is 2. The van der Waals surface area contributed by atoms with Crippen molar-refractivity contribution in [3.8, 4) is 5.75 Å². The number of piperidine rings is 1. The van der Waals surface area contributed by atoms with Crippen LogP contribution in [-0.2, 0) is 21.2 Å². The Labute approximate surface area is 181 Å². The van der Waals surface area contributed by atoms with Crippen LogP contribution in [0.5, 0.6) is 5.75 Å². The highest BCUT2D eigenvalue weighted by Gasteiger charge is 2.33. The van der Waals surface area contributed by atoms with Gasteiger partial charge in [0.2, 0.25) is 21.1 Å². The Morgan fingerprint density at radius 2 is 2.03 bits per heavy atom. The quantitative estimate of drug-likeness (QED) is 0.586. The van der Waals surface area contributed by atoms with Gasteiger partial charge in [0.25, 0.3) is 0 Å². The molecule has 10 heteroatoms. The predicted molar refractivity (Wildman–Crippen MR) is 116 cm³/mol. The standard InChI is InChI=1S/C20H28N4O4S2/c1-3-4-5-8-18-22-23-20(29-18)21-19(25)15-7-6-13-24(14-15)30(26,27)17-11-9-16(28-2)10-12-17/h9-12,15H,3-8,13-14H2,1-2H3,(H,21,23,25). The number of ether oxygens (including phenoxy) is 1. The fourth-order valence-electron chi connectivity index (χ4n) is 3.41. The third-order valence-corrected chi connectivity index (χ3v) is 7.92. The van der Waals surface area contributed by atoms with E-state index in [4.69, 9.17) is 4.74 Å². The average molecular weight is 453 g/mol. The van der Waals surface area contributed by atoms with Gasteiger partial charge in [0, 0.05) is 19.5 Å². The summed E-state index contributed by atoms with van der Waals surface area (Å²) in [7, 11) is -2.13. The normalized spacial score (nSPS) is 17.6. The van der Waals surface area contributed by atoms with Gasteiger partial charge in [-0.15, -0.1) is 10.2 Å². The molecule has 1 fully saturated rings. The highest BCUT2D eigenvalue weighted by atomic mass is 32.2. The summed E-state index contributed by atoms with van der Waals surface area (Å²) in [6.45, 7) is 2.70. The molecular weight excluding hydrogens is 424 g/mol. The molecule has 2 heterocycles. The summed E-state index contributed by atoms with van der Waals surface area (Å²) in [6.07, 6.45) is 5.47. The van der Waals surface area contributed by atoms with E-state index in [1.54, 1.807) is 12.1 Å². The molecule has 1 aliphatic heterocycles. The highest BCUT2D eigenvalue weighted by Crippen LogP contribution is 2.26. The first-order valence-corrected chi connectivity index (χ1v) is 12.5. The van der Waals surface area contributed by atoms with Gasteiger partial charge < -0.3 is 10.1 Å². The van der Waals surface area contributed by atoms with Gasteiger partial charge in [-0.25, -0.2) is 8.42 Å². The second-order valence-corrected chi connectivity index (χ2v) is 10.3. The van der Waals surface area contributed by atoms with Gasteiger partial charge in [0.15, 0.2) is 0 Å². The summed E-state index contributed by atoms with van der Waals surface area (Å²) >= 11 is 1.38. The van der Waals surface area contributed by atoms with E-state index in [2.05, 4.69) is 22.4 Å². The fourth-order valence-corrected chi connectivity index (χ4v) is 5.72. The number of rotatable bonds is 9. The molecule has 2 aromatic rings. The van der Waals surface area contributed by atoms with Crippen molar-refractivity contribution in [2.45, 2.75) is 50.3 Å². The Kier molecular flexibility index (Phi) is 7.79. The van der Waals surface area contributed by atoms with Crippen LogP contribution in [0.2, 0.25) is 0 Å². The summed E-state index contributed by atoms with van der Waals surface area (Å²) in [6, 6.07) is 6.29. The van der Waals surface area contributed by atoms with E-state index in [0.717, 1.165) is 30.7 Å². The molecule has 1 aliphatic rings. The molecule has 30 heavy (non-hydrogen) atoms. The number of nitrogens with zero attached hydrogens (tertiary/aromatic N) is 3. The van der Waals surface area contributed by atoms with Crippen LogP contribution >= 0.6 is 11.3 Å². The van der Waals surface area contributed by atoms with Gasteiger partial charge in [-0.3, -0.25) is 4.79 Å². The molecule has 0 saturated carbocycles. The Hall–Kier alpha value is -2.04. The monoisotopic (exact) mass is 452 g/mol. The highest BCUT2D eigenvalue weighted by molar-refractivity contribution is 7.89. The maximum atomic E-state index is 13.0. The molecule has 0 radical (unpaired) electrons. The molecule has 1 amide bonds. The maximum Gasteiger partial charge on any atom is 0.243 e. The SMILES string of the molecule is CCCCCc1nnc(NC(=O)C2CCCN(S(=O)(=O)c3ccc(OC)cc3)C2)s1. The largest absolute Gasteiger partial charge is 0.497 e. The number of hydrogen-bond donors (Lipinski definition) is 1. The number of anilines is 1. The lowest BCUT2D eigenvalue weighted by Gasteiger charge is -2.31. The van der Waals surface area contributed by atoms with Gasteiger partial charge >= 0.3 is 0 Å². The van der Waals surface area contributed by atoms with E-state index >= 15 is 0 Å². The molecule has 1 atom stereocenters. The Morgan fingerprint density at radius 3 is 2.73 bits per heavy atom. The predicted octanol–water partition coefficient (Wildman–Crippen LogP) is 3.32. The van der Waals surface area contributed by atoms with Crippen molar-refractivity contribution >= 4 is 32.4 Å². The molecule has 164 valence electrons. The van der Waals surface area contributed by atoms with E-state index < -0.39 is 15.9 Å². The third kappa shape index (κ3) is 5.55. The first-order chi connectivity index (χ1) is 14.4. The minimum absolute atomic E-state index is 0.155. The lowest BCUT2D eigenvalue weighted by Crippen LogP contribution is -2.43. The van der Waals surface area contributed by atoms with Crippen molar-refractivity contribution in [1.82, 2.24) is 14.5 Å². The van der Waals surface area contributed by atoms with Crippen LogP contribution in [0, 0.1) is 5.92 Å². The number of hydrogen-bond acceptors (Lipinski definition) is 7. The van der Waals surface area contributed by atoms with E-state index in [9.17, 15) is 13.2 Å². The Morgan fingerprint density at radius 1 is 1.27 bits per heavy atom. The zero-order valence-electron chi connectivity index (χ0n) is 17.3. The molecule has 3 rings (SSSR count). The van der Waals surface area contributed by atoms with Crippen LogP contribution in [0.3, 0.4) is 0 Å². The number of carbonyl (C=O) groups excluding carboxylic acids is 1. The first kappa shape index (κ1) is 22.6. The van der Waals surface area contributed by atoms with Crippen LogP contribution in [0.15, 0.2) is 29.2 Å². The average Bonchev–Trinajstić information content (AvgIpc) is 3.21. The number of unbranched alkanes of at least 4 members (excludes halogenated alkanes) is 2. The molecule has 1 aromatic heterocycles. The van der Waals surface area contributed by atoms with Gasteiger partial charge in [-0.2, -0.15) is 4.31 Å². The number of aryl methyl sites for hydroxylation is 1. The van der Waals surface area contributed by atoms with Gasteiger partial charge in [-0.1, -0.05) is 31.1 Å². The second kappa shape index (κ2) is 10.3. The summed E-state index contributed by atoms with van der Waals surface area (Å²) in [5, 5.41) is 12.4. The van der Waals surface area contributed by atoms with Crippen molar-refractivity contribution in [1.29, 1.82) is 0 Å². The number of nitrogens with one attached hydrogen (secondary N) is 1. The van der Waals surface area contributed by atoms with Crippen LogP contribution in [0.25, 0.3) is 0 Å². The van der Waals surface area contributed by atoms with E-state index in [1.165, 1.54) is 34.9 Å². The number of sulfonamides is 1. The lowest BCUT2D eigenvalue weighted by molar-refractivity contribution is -0.120. The number of carbonyl (C=O) groups is 1. The molecule has 0 bridgehead atoms. The molecule has 0 aliphatic carbocycles. The summed E-state index contributed by atoms with van der Waals surface area (Å²) in [5.74, 6) is -0.0314. The smallest absolute Gasteiger partial charge is 0.243 e. The summed E-state index contributed by atoms with van der Waals surface area (Å²) in [4.78, 5) is 12.9. The number of benzene rings is 1. The van der Waals surface area contributed by atoms with E-state index in [-0.39, 0.29) is 17.3 Å². The van der Waals surface area contributed by atoms with Crippen molar-refractivity contribution in [2.24, 2.45) is 5.92 Å². The van der Waals surface area contributed by atoms with Gasteiger partial charge in [0.05, 0.1) is 17.9 Å². The van der Waals surface area contributed by atoms with Gasteiger partial charge in [0.1, 0.15) is 10.8 Å². The van der Waals surface area contributed by atoms with Gasteiger partial charge in [-0.05, 0) is 43.5 Å². The van der Waals surface area contributed by atoms with Crippen LogP contribution < -0.4 is 10.1 Å². The minimum atomic E-state index is -3.66. The van der Waals surface area contributed by atoms with Crippen LogP contribution in [0.4, 0.5) is 5.13 Å². The van der Waals surface area contributed by atoms with E-state index in [1.807, 2.05) is 0 Å². The van der Waals surface area contributed by atoms with Crippen molar-refractivity contribution in [3.05, 3.63) is 29.3 Å². The maximum absolute atomic E-state index is 13.0. The summed E-state index contributed by atoms with van der Waals surface area (Å²) < 4.78 is 32.4. The van der Waals surface area contributed by atoms with Crippen molar-refractivity contribution < 1.29 is 17.9 Å². The molecule has 1 aromatic carbocycles.